The number of carboxylic acid groups (broad SMARTS) is 2. The van der Waals surface area contributed by atoms with Gasteiger partial charge < -0.3 is 30.0 Å². The lowest BCUT2D eigenvalue weighted by atomic mass is 9.70. The van der Waals surface area contributed by atoms with E-state index in [0.717, 1.165) is 38.9 Å². The number of alkyl halides is 6. The van der Waals surface area contributed by atoms with Gasteiger partial charge in [-0.1, -0.05) is 35.9 Å². The van der Waals surface area contributed by atoms with E-state index < -0.39 is 24.3 Å². The second-order valence-corrected chi connectivity index (χ2v) is 11.0. The first-order valence-electron chi connectivity index (χ1n) is 12.4. The van der Waals surface area contributed by atoms with E-state index in [-0.39, 0.29) is 8.85 Å². The largest absolute Gasteiger partial charge is 0.542 e. The van der Waals surface area contributed by atoms with Crippen molar-refractivity contribution < 1.29 is 57.3 Å². The Hall–Kier alpha value is -3.86. The average Bonchev–Trinajstić information content (AvgIpc) is 2.86. The van der Waals surface area contributed by atoms with Crippen molar-refractivity contribution in [1.82, 2.24) is 4.98 Å². The van der Waals surface area contributed by atoms with Crippen LogP contribution >= 0.6 is 11.6 Å². The van der Waals surface area contributed by atoms with Crippen LogP contribution in [0.2, 0.25) is 5.02 Å². The van der Waals surface area contributed by atoms with Gasteiger partial charge in [-0.05, 0) is 49.3 Å². The maximum absolute atomic E-state index is 10.5. The van der Waals surface area contributed by atoms with Crippen molar-refractivity contribution in [2.24, 2.45) is 22.8 Å². The van der Waals surface area contributed by atoms with Crippen LogP contribution in [0, 0.1) is 5.92 Å². The number of nitrogens with zero attached hydrogens (tertiary/aromatic N) is 3. The van der Waals surface area contributed by atoms with Crippen LogP contribution in [0.15, 0.2) is 35.1 Å². The van der Waals surface area contributed by atoms with Crippen LogP contribution in [0.5, 0.6) is 0 Å². The highest BCUT2D eigenvalue weighted by Gasteiger charge is 2.34. The molecule has 0 amide bonds. The molecule has 2 aliphatic rings. The number of quaternary nitrogens is 1. The van der Waals surface area contributed by atoms with E-state index in [1.165, 1.54) is 30.6 Å². The molecule has 0 aliphatic heterocycles. The third-order valence-electron chi connectivity index (χ3n) is 6.18. The van der Waals surface area contributed by atoms with Crippen molar-refractivity contribution in [3.05, 3.63) is 46.1 Å². The lowest BCUT2D eigenvalue weighted by Gasteiger charge is -2.36. The minimum absolute atomic E-state index is 0. The maximum Gasteiger partial charge on any atom is 0.430 e. The summed E-state index contributed by atoms with van der Waals surface area (Å²) in [6.07, 6.45) is -3.33. The maximum atomic E-state index is 10.5. The topological polar surface area (TPSA) is 198 Å². The van der Waals surface area contributed by atoms with E-state index in [1.54, 1.807) is 5.57 Å². The summed E-state index contributed by atoms with van der Waals surface area (Å²) in [5.41, 5.74) is 12.6. The Balaban J connectivity index is 0. The molecule has 0 spiro atoms. The van der Waals surface area contributed by atoms with Gasteiger partial charge in [0.2, 0.25) is 0 Å². The molecular weight excluding hydrogens is 624 g/mol. The van der Waals surface area contributed by atoms with E-state index in [0.29, 0.717) is 11.8 Å². The van der Waals surface area contributed by atoms with Gasteiger partial charge in [0.15, 0.2) is 0 Å². The molecule has 7 N–H and O–H groups in total. The van der Waals surface area contributed by atoms with Crippen molar-refractivity contribution in [3.8, 4) is 0 Å². The molecule has 4 rings (SSSR count). The van der Waals surface area contributed by atoms with Crippen LogP contribution in [0.4, 0.5) is 32.0 Å². The van der Waals surface area contributed by atoms with Gasteiger partial charge >= 0.3 is 12.4 Å². The van der Waals surface area contributed by atoms with Crippen LogP contribution < -0.4 is 32.9 Å². The number of anilines is 1. The van der Waals surface area contributed by atoms with Crippen molar-refractivity contribution in [2.75, 3.05) is 33.4 Å². The molecule has 250 valence electrons. The highest BCUT2D eigenvalue weighted by Crippen LogP contribution is 2.47. The average molecular weight is 662 g/mol. The number of carbonyl (C=O) groups excluding carboxylic acids is 2. The molecule has 2 aliphatic carbocycles. The molecular formula is C26H38ClF6N7O4. The van der Waals surface area contributed by atoms with Crippen LogP contribution in [0.3, 0.4) is 0 Å². The number of nitrogen functional groups attached to an aromatic ring is 1. The first-order valence-corrected chi connectivity index (χ1v) is 12.8. The molecule has 0 saturated carbocycles. The predicted molar refractivity (Wildman–Crippen MR) is 149 cm³/mol. The fourth-order valence-electron chi connectivity index (χ4n) is 4.45. The van der Waals surface area contributed by atoms with Gasteiger partial charge in [-0.3, -0.25) is 10.8 Å². The van der Waals surface area contributed by atoms with Gasteiger partial charge in [-0.2, -0.15) is 32.2 Å². The highest BCUT2D eigenvalue weighted by atomic mass is 35.5. The quantitative estimate of drug-likeness (QED) is 0.0942. The van der Waals surface area contributed by atoms with Gasteiger partial charge in [0.25, 0.3) is 0 Å². The Morgan fingerprint density at radius 1 is 1.11 bits per heavy atom. The van der Waals surface area contributed by atoms with Crippen LogP contribution in [-0.2, 0) is 16.0 Å². The molecule has 1 heterocycles. The molecule has 0 fully saturated rings. The SMILES string of the molecule is C.C[N+](C)(C)CCC1=CC2Cc3nc4cc(Cl)ccc4c(N)c3C(C1)C2.N/N=[NH+]/N.O=C([O-])C(F)(F)F.O=C([O-])C(F)(F)F.[HH]. The van der Waals surface area contributed by atoms with Crippen molar-refractivity contribution in [1.29, 1.82) is 0 Å². The number of halogens is 7. The minimum atomic E-state index is -5.19. The van der Waals surface area contributed by atoms with Gasteiger partial charge in [-0.25, -0.2) is 0 Å². The lowest BCUT2D eigenvalue weighted by Crippen LogP contribution is -2.74. The molecule has 1 aromatic carbocycles. The summed E-state index contributed by atoms with van der Waals surface area (Å²) in [4.78, 5) is 22.5. The highest BCUT2D eigenvalue weighted by molar-refractivity contribution is 6.31. The zero-order chi connectivity index (χ0) is 33.3. The Morgan fingerprint density at radius 2 is 1.61 bits per heavy atom. The third-order valence-corrected chi connectivity index (χ3v) is 6.41. The summed E-state index contributed by atoms with van der Waals surface area (Å²) >= 11 is 6.15. The number of allylic oxidation sites excluding steroid dienone is 1. The molecule has 0 radical (unpaired) electrons. The summed E-state index contributed by atoms with van der Waals surface area (Å²) in [5.74, 6) is 4.02. The minimum Gasteiger partial charge on any atom is -0.542 e. The molecule has 2 bridgehead atoms. The summed E-state index contributed by atoms with van der Waals surface area (Å²) in [7, 11) is 6.79. The molecule has 11 nitrogen and oxygen atoms in total. The van der Waals surface area contributed by atoms with E-state index in [2.05, 4.69) is 44.1 Å². The molecule has 2 atom stereocenters. The first kappa shape index (κ1) is 40.1. The van der Waals surface area contributed by atoms with E-state index >= 15 is 0 Å². The van der Waals surface area contributed by atoms with Crippen LogP contribution in [-0.4, -0.2) is 61.4 Å². The number of hydrogen-bond donors (Lipinski definition) is 4. The van der Waals surface area contributed by atoms with Crippen LogP contribution in [0.25, 0.3) is 10.9 Å². The molecule has 2 unspecified atom stereocenters. The summed E-state index contributed by atoms with van der Waals surface area (Å²) in [5, 5.41) is 23.9. The molecule has 18 heteroatoms. The standard InChI is InChI=1S/C21H27ClN3.2C2HF3O2.CH4.H4N4.H2/c1-25(2,3)7-6-13-8-14-10-15(9-13)20-19(11-14)24-18-12-16(22)4-5-17(18)21(20)23;2*3-2(4,5)1(6)7;;1-3-4-2;/h4-5,8,12,14-15H,6-7,9-11H2,1-3H3,(H2,23,24);2*(H,6,7);1H4;(H2,1,4)(H2,2,3);1H/q+1;;;;;/p-1. The van der Waals surface area contributed by atoms with Crippen molar-refractivity contribution in [3.63, 3.8) is 0 Å². The third kappa shape index (κ3) is 12.8. The molecule has 1 aromatic heterocycles. The Kier molecular flexibility index (Phi) is 14.9. The molecule has 0 saturated heterocycles. The number of carbonyl (C=O) groups is 2. The number of benzene rings is 1. The lowest BCUT2D eigenvalue weighted by molar-refractivity contribution is -0.870. The molecule has 44 heavy (non-hydrogen) atoms. The number of nitrogens with two attached hydrogens (primary N) is 3. The van der Waals surface area contributed by atoms with Crippen LogP contribution in [0.1, 0.15) is 45.3 Å². The van der Waals surface area contributed by atoms with E-state index in [4.69, 9.17) is 42.1 Å². The summed E-state index contributed by atoms with van der Waals surface area (Å²) in [6.45, 7) is 1.18. The Bertz CT molecular complexity index is 1320. The fourth-order valence-corrected chi connectivity index (χ4v) is 4.62. The van der Waals surface area contributed by atoms with E-state index in [1.807, 2.05) is 23.4 Å². The summed E-state index contributed by atoms with van der Waals surface area (Å²) < 4.78 is 64.1. The second-order valence-electron chi connectivity index (χ2n) is 10.6. The smallest absolute Gasteiger partial charge is 0.430 e. The van der Waals surface area contributed by atoms with Gasteiger partial charge in [0.05, 0.1) is 38.4 Å². The zero-order valence-electron chi connectivity index (χ0n) is 23.4. The fraction of sp³-hybridized carbons (Fsp3) is 0.500. The first-order chi connectivity index (χ1) is 19.6. The van der Waals surface area contributed by atoms with Gasteiger partial charge in [-0.15, -0.1) is 0 Å². The van der Waals surface area contributed by atoms with Gasteiger partial charge in [0, 0.05) is 35.2 Å². The molecule has 2 aromatic rings. The number of hydrazine groups is 1. The summed E-state index contributed by atoms with van der Waals surface area (Å²) in [6, 6.07) is 5.86. The predicted octanol–water partition coefficient (Wildman–Crippen LogP) is 1.29. The normalized spacial score (nSPS) is 17.3. The Morgan fingerprint density at radius 3 is 2.05 bits per heavy atom. The number of aliphatic carboxylic acids is 2. The number of rotatable bonds is 3. The van der Waals surface area contributed by atoms with E-state index in [9.17, 15) is 26.3 Å². The van der Waals surface area contributed by atoms with Crippen molar-refractivity contribution in [2.45, 2.75) is 51.4 Å². The van der Waals surface area contributed by atoms with Crippen molar-refractivity contribution >= 4 is 40.1 Å². The van der Waals surface area contributed by atoms with Gasteiger partial charge in [0.1, 0.15) is 11.9 Å². The Labute approximate surface area is 256 Å². The second kappa shape index (κ2) is 16.3. The monoisotopic (exact) mass is 661 g/mol. The number of aromatic nitrogens is 1. The number of pyridine rings is 1. The number of carboxylic acids is 2. The zero-order valence-corrected chi connectivity index (χ0v) is 24.1. The number of nitrogens with one attached hydrogen (secondary N) is 1. The number of fused-ring (bicyclic) bond motifs is 5. The number of hydrogen-bond acceptors (Lipinski definition) is 7.